The number of likely N-dealkylation sites (tertiary alicyclic amines) is 1. The highest BCUT2D eigenvalue weighted by molar-refractivity contribution is 5.71. The summed E-state index contributed by atoms with van der Waals surface area (Å²) in [4.78, 5) is 13.8. The smallest absolute Gasteiger partial charge is 0.308 e. The van der Waals surface area contributed by atoms with E-state index < -0.39 is 5.97 Å². The van der Waals surface area contributed by atoms with Gasteiger partial charge in [-0.2, -0.15) is 0 Å². The minimum absolute atomic E-state index is 0.128. The van der Waals surface area contributed by atoms with Crippen molar-refractivity contribution in [3.8, 4) is 0 Å². The quantitative estimate of drug-likeness (QED) is 0.785. The number of nitrogens with zero attached hydrogens (tertiary/aromatic N) is 1. The van der Waals surface area contributed by atoms with Crippen LogP contribution < -0.4 is 0 Å². The Morgan fingerprint density at radius 3 is 2.19 bits per heavy atom. The number of aliphatic carboxylic acids is 1. The third kappa shape index (κ3) is 2.10. The van der Waals surface area contributed by atoms with Gasteiger partial charge in [-0.1, -0.05) is 12.8 Å². The predicted molar refractivity (Wildman–Crippen MR) is 63.4 cm³/mol. The number of rotatable bonds is 2. The highest BCUT2D eigenvalue weighted by atomic mass is 16.4. The summed E-state index contributed by atoms with van der Waals surface area (Å²) in [7, 11) is 0. The van der Waals surface area contributed by atoms with Gasteiger partial charge in [0.2, 0.25) is 0 Å². The Bertz CT molecular complexity index is 257. The van der Waals surface area contributed by atoms with Crippen LogP contribution in [0.4, 0.5) is 0 Å². The lowest BCUT2D eigenvalue weighted by molar-refractivity contribution is -0.146. The summed E-state index contributed by atoms with van der Waals surface area (Å²) in [6.07, 6.45) is 6.68. The highest BCUT2D eigenvalue weighted by Gasteiger charge is 2.40. The molecule has 0 radical (unpaired) electrons. The molecule has 0 spiro atoms. The molecule has 1 aliphatic carbocycles. The maximum absolute atomic E-state index is 11.3. The van der Waals surface area contributed by atoms with Crippen LogP contribution in [0, 0.1) is 5.92 Å². The number of carbonyl (C=O) groups is 1. The molecule has 0 aromatic heterocycles. The Hall–Kier alpha value is -0.570. The summed E-state index contributed by atoms with van der Waals surface area (Å²) in [5.41, 5.74) is 0. The molecule has 0 aromatic carbocycles. The molecule has 16 heavy (non-hydrogen) atoms. The van der Waals surface area contributed by atoms with Gasteiger partial charge in [-0.25, -0.2) is 0 Å². The minimum Gasteiger partial charge on any atom is -0.481 e. The predicted octanol–water partition coefficient (Wildman–Crippen LogP) is 2.50. The zero-order valence-corrected chi connectivity index (χ0v) is 10.4. The zero-order chi connectivity index (χ0) is 11.7. The van der Waals surface area contributed by atoms with E-state index in [9.17, 15) is 9.90 Å². The Kier molecular flexibility index (Phi) is 3.53. The van der Waals surface area contributed by atoms with Crippen molar-refractivity contribution < 1.29 is 9.90 Å². The molecular weight excluding hydrogens is 202 g/mol. The second-order valence-electron chi connectivity index (χ2n) is 5.52. The first-order valence-corrected chi connectivity index (χ1v) is 6.61. The maximum atomic E-state index is 11.3. The van der Waals surface area contributed by atoms with Crippen LogP contribution in [0.5, 0.6) is 0 Å². The molecule has 1 aliphatic heterocycles. The third-order valence-electron chi connectivity index (χ3n) is 4.45. The lowest BCUT2D eigenvalue weighted by Crippen LogP contribution is -2.49. The van der Waals surface area contributed by atoms with E-state index in [0.29, 0.717) is 18.1 Å². The van der Waals surface area contributed by atoms with Gasteiger partial charge in [-0.15, -0.1) is 0 Å². The Morgan fingerprint density at radius 1 is 1.06 bits per heavy atom. The summed E-state index contributed by atoms with van der Waals surface area (Å²) in [5.74, 6) is -0.715. The highest BCUT2D eigenvalue weighted by Crippen LogP contribution is 2.35. The second-order valence-corrected chi connectivity index (χ2v) is 5.52. The van der Waals surface area contributed by atoms with Gasteiger partial charge in [0.05, 0.1) is 5.92 Å². The standard InChI is InChI=1S/C13H23NO2/c1-9-7-8-10(2)14(9)12-6-4-3-5-11(12)13(15)16/h9-12H,3-8H2,1-2H3,(H,15,16). The van der Waals surface area contributed by atoms with Crippen LogP contribution in [0.2, 0.25) is 0 Å². The van der Waals surface area contributed by atoms with E-state index in [-0.39, 0.29) is 5.92 Å². The van der Waals surface area contributed by atoms with Crippen LogP contribution in [0.15, 0.2) is 0 Å². The molecule has 1 N–H and O–H groups in total. The summed E-state index contributed by atoms with van der Waals surface area (Å²) < 4.78 is 0. The lowest BCUT2D eigenvalue weighted by atomic mass is 9.83. The van der Waals surface area contributed by atoms with E-state index in [0.717, 1.165) is 19.3 Å². The second kappa shape index (κ2) is 4.74. The fourth-order valence-corrected chi connectivity index (χ4v) is 3.62. The molecule has 1 saturated carbocycles. The van der Waals surface area contributed by atoms with Crippen LogP contribution in [0.1, 0.15) is 52.4 Å². The molecule has 3 heteroatoms. The number of carboxylic acid groups (broad SMARTS) is 1. The van der Waals surface area contributed by atoms with Crippen molar-refractivity contribution in [2.24, 2.45) is 5.92 Å². The third-order valence-corrected chi connectivity index (χ3v) is 4.45. The SMILES string of the molecule is CC1CCC(C)N1C1CCCCC1C(=O)O. The van der Waals surface area contributed by atoms with Crippen molar-refractivity contribution in [2.75, 3.05) is 0 Å². The first-order valence-electron chi connectivity index (χ1n) is 6.61. The summed E-state index contributed by atoms with van der Waals surface area (Å²) in [6.45, 7) is 4.49. The van der Waals surface area contributed by atoms with Gasteiger partial charge >= 0.3 is 5.97 Å². The Balaban J connectivity index is 2.13. The van der Waals surface area contributed by atoms with Crippen LogP contribution in [0.25, 0.3) is 0 Å². The van der Waals surface area contributed by atoms with E-state index in [1.807, 2.05) is 0 Å². The number of hydrogen-bond acceptors (Lipinski definition) is 2. The molecule has 2 rings (SSSR count). The molecule has 3 nitrogen and oxygen atoms in total. The van der Waals surface area contributed by atoms with Gasteiger partial charge in [0.15, 0.2) is 0 Å². The van der Waals surface area contributed by atoms with E-state index in [2.05, 4.69) is 18.7 Å². The zero-order valence-electron chi connectivity index (χ0n) is 10.4. The van der Waals surface area contributed by atoms with E-state index in [1.54, 1.807) is 0 Å². The number of carboxylic acids is 1. The summed E-state index contributed by atoms with van der Waals surface area (Å²) >= 11 is 0. The number of hydrogen-bond donors (Lipinski definition) is 1. The van der Waals surface area contributed by atoms with E-state index >= 15 is 0 Å². The lowest BCUT2D eigenvalue weighted by Gasteiger charge is -2.40. The van der Waals surface area contributed by atoms with Crippen molar-refractivity contribution in [3.63, 3.8) is 0 Å². The molecular formula is C13H23NO2. The van der Waals surface area contributed by atoms with Crippen molar-refractivity contribution in [1.82, 2.24) is 4.90 Å². The average molecular weight is 225 g/mol. The molecule has 92 valence electrons. The molecule has 0 bridgehead atoms. The molecule has 0 aromatic rings. The first-order chi connectivity index (χ1) is 7.61. The van der Waals surface area contributed by atoms with Crippen LogP contribution in [-0.2, 0) is 4.79 Å². The van der Waals surface area contributed by atoms with E-state index in [1.165, 1.54) is 19.3 Å². The fraction of sp³-hybridized carbons (Fsp3) is 0.923. The molecule has 4 atom stereocenters. The van der Waals surface area contributed by atoms with Gasteiger partial charge < -0.3 is 5.11 Å². The fourth-order valence-electron chi connectivity index (χ4n) is 3.62. The topological polar surface area (TPSA) is 40.5 Å². The van der Waals surface area contributed by atoms with Crippen LogP contribution >= 0.6 is 0 Å². The van der Waals surface area contributed by atoms with Crippen molar-refractivity contribution in [2.45, 2.75) is 70.5 Å². The van der Waals surface area contributed by atoms with Gasteiger partial charge in [0, 0.05) is 18.1 Å². The average Bonchev–Trinajstić information content (AvgIpc) is 2.58. The van der Waals surface area contributed by atoms with Crippen molar-refractivity contribution in [1.29, 1.82) is 0 Å². The van der Waals surface area contributed by atoms with Crippen LogP contribution in [-0.4, -0.2) is 34.1 Å². The molecule has 4 unspecified atom stereocenters. The molecule has 1 saturated heterocycles. The van der Waals surface area contributed by atoms with Crippen molar-refractivity contribution in [3.05, 3.63) is 0 Å². The molecule has 2 aliphatic rings. The first kappa shape index (κ1) is 11.9. The van der Waals surface area contributed by atoms with E-state index in [4.69, 9.17) is 0 Å². The largest absolute Gasteiger partial charge is 0.481 e. The van der Waals surface area contributed by atoms with Gasteiger partial charge in [0.25, 0.3) is 0 Å². The monoisotopic (exact) mass is 225 g/mol. The Morgan fingerprint density at radius 2 is 1.62 bits per heavy atom. The van der Waals surface area contributed by atoms with Gasteiger partial charge in [0.1, 0.15) is 0 Å². The minimum atomic E-state index is -0.587. The normalized spacial score (nSPS) is 41.1. The van der Waals surface area contributed by atoms with Crippen molar-refractivity contribution >= 4 is 5.97 Å². The maximum Gasteiger partial charge on any atom is 0.308 e. The summed E-state index contributed by atoms with van der Waals surface area (Å²) in [5, 5.41) is 9.31. The van der Waals surface area contributed by atoms with Gasteiger partial charge in [-0.3, -0.25) is 9.69 Å². The Labute approximate surface area is 97.8 Å². The molecule has 0 amide bonds. The summed E-state index contributed by atoms with van der Waals surface area (Å²) in [6, 6.07) is 1.43. The molecule has 1 heterocycles. The molecule has 2 fully saturated rings. The van der Waals surface area contributed by atoms with Gasteiger partial charge in [-0.05, 0) is 39.5 Å². The van der Waals surface area contributed by atoms with Crippen LogP contribution in [0.3, 0.4) is 0 Å².